The second-order valence-electron chi connectivity index (χ2n) is 4.80. The Morgan fingerprint density at radius 2 is 2.19 bits per heavy atom. The maximum Gasteiger partial charge on any atom is 0.137 e. The molecular weight excluding hydrogens is 351 g/mol. The molecule has 0 spiro atoms. The van der Waals surface area contributed by atoms with E-state index in [2.05, 4.69) is 27.3 Å². The quantitative estimate of drug-likeness (QED) is 0.806. The van der Waals surface area contributed by atoms with Crippen LogP contribution in [-0.2, 0) is 0 Å². The van der Waals surface area contributed by atoms with Gasteiger partial charge >= 0.3 is 0 Å². The Bertz CT molecular complexity index is 727. The van der Waals surface area contributed by atoms with Gasteiger partial charge < -0.3 is 5.32 Å². The lowest BCUT2D eigenvalue weighted by molar-refractivity contribution is 0.585. The lowest BCUT2D eigenvalue weighted by Gasteiger charge is -2.27. The van der Waals surface area contributed by atoms with Gasteiger partial charge in [0.05, 0.1) is 17.7 Å². The highest BCUT2D eigenvalue weighted by molar-refractivity contribution is 9.10. The highest BCUT2D eigenvalue weighted by Crippen LogP contribution is 2.40. The number of nitrogens with zero attached hydrogens (tertiary/aromatic N) is 1. The zero-order valence-corrected chi connectivity index (χ0v) is 13.5. The Labute approximate surface area is 135 Å². The molecule has 2 aromatic carbocycles. The van der Waals surface area contributed by atoms with Crippen molar-refractivity contribution in [3.8, 4) is 6.07 Å². The molecular formula is C16H12BrFN2S. The zero-order valence-electron chi connectivity index (χ0n) is 11.1. The van der Waals surface area contributed by atoms with Crippen LogP contribution < -0.4 is 5.32 Å². The molecule has 1 N–H and O–H groups in total. The van der Waals surface area contributed by atoms with E-state index in [9.17, 15) is 4.39 Å². The number of hydrogen-bond donors (Lipinski definition) is 1. The second-order valence-corrected chi connectivity index (χ2v) is 6.76. The zero-order chi connectivity index (χ0) is 14.8. The van der Waals surface area contributed by atoms with Crippen LogP contribution in [0.3, 0.4) is 0 Å². The molecule has 5 heteroatoms. The number of benzene rings is 2. The molecule has 1 aliphatic rings. The molecule has 0 saturated heterocycles. The molecule has 21 heavy (non-hydrogen) atoms. The molecule has 0 aromatic heterocycles. The minimum absolute atomic E-state index is 0.0844. The van der Waals surface area contributed by atoms with Crippen LogP contribution in [0.1, 0.15) is 23.6 Å². The van der Waals surface area contributed by atoms with Gasteiger partial charge in [-0.25, -0.2) is 4.39 Å². The summed E-state index contributed by atoms with van der Waals surface area (Å²) < 4.78 is 14.7. The molecule has 0 saturated carbocycles. The number of halogens is 2. The molecule has 3 rings (SSSR count). The summed E-state index contributed by atoms with van der Waals surface area (Å²) >= 11 is 5.05. The third-order valence-corrected chi connectivity index (χ3v) is 5.27. The number of nitrogens with one attached hydrogen (secondary N) is 1. The van der Waals surface area contributed by atoms with Gasteiger partial charge in [0.2, 0.25) is 0 Å². The van der Waals surface area contributed by atoms with Gasteiger partial charge in [-0.1, -0.05) is 12.1 Å². The van der Waals surface area contributed by atoms with Gasteiger partial charge in [-0.05, 0) is 52.2 Å². The van der Waals surface area contributed by atoms with Gasteiger partial charge in [0.1, 0.15) is 5.82 Å². The summed E-state index contributed by atoms with van der Waals surface area (Å²) in [6.07, 6.45) is 0.938. The van der Waals surface area contributed by atoms with E-state index in [0.29, 0.717) is 5.56 Å². The van der Waals surface area contributed by atoms with E-state index in [0.717, 1.165) is 32.8 Å². The SMILES string of the molecule is N#Cc1ccc(NC2CCSc3c(F)cccc32)c(Br)c1. The Balaban J connectivity index is 1.91. The molecule has 2 aromatic rings. The lowest BCUT2D eigenvalue weighted by Crippen LogP contribution is -2.17. The van der Waals surface area contributed by atoms with Crippen LogP contribution in [0.5, 0.6) is 0 Å². The van der Waals surface area contributed by atoms with Gasteiger partial charge in [-0.3, -0.25) is 0 Å². The minimum atomic E-state index is -0.150. The Morgan fingerprint density at radius 1 is 1.33 bits per heavy atom. The van der Waals surface area contributed by atoms with Crippen molar-refractivity contribution in [1.82, 2.24) is 0 Å². The van der Waals surface area contributed by atoms with E-state index in [4.69, 9.17) is 5.26 Å². The first kappa shape index (κ1) is 14.4. The fraction of sp³-hybridized carbons (Fsp3) is 0.188. The molecule has 0 radical (unpaired) electrons. The van der Waals surface area contributed by atoms with Crippen molar-refractivity contribution in [2.24, 2.45) is 0 Å². The average molecular weight is 363 g/mol. The highest BCUT2D eigenvalue weighted by atomic mass is 79.9. The first-order chi connectivity index (χ1) is 10.2. The van der Waals surface area contributed by atoms with Gasteiger partial charge in [0, 0.05) is 20.8 Å². The summed E-state index contributed by atoms with van der Waals surface area (Å²) in [5, 5.41) is 12.3. The molecule has 0 amide bonds. The molecule has 1 atom stereocenters. The number of fused-ring (bicyclic) bond motifs is 1. The van der Waals surface area contributed by atoms with Crippen molar-refractivity contribution in [1.29, 1.82) is 5.26 Å². The Hall–Kier alpha value is -1.51. The van der Waals surface area contributed by atoms with E-state index in [1.807, 2.05) is 12.1 Å². The maximum absolute atomic E-state index is 13.9. The number of anilines is 1. The average Bonchev–Trinajstić information content (AvgIpc) is 2.50. The molecule has 0 bridgehead atoms. The summed E-state index contributed by atoms with van der Waals surface area (Å²) in [7, 11) is 0. The van der Waals surface area contributed by atoms with E-state index in [1.165, 1.54) is 6.07 Å². The summed E-state index contributed by atoms with van der Waals surface area (Å²) in [4.78, 5) is 0.742. The predicted octanol–water partition coefficient (Wildman–Crippen LogP) is 5.11. The smallest absolute Gasteiger partial charge is 0.137 e. The van der Waals surface area contributed by atoms with Crippen molar-refractivity contribution in [2.75, 3.05) is 11.1 Å². The first-order valence-corrected chi connectivity index (χ1v) is 8.34. The van der Waals surface area contributed by atoms with Crippen LogP contribution in [0, 0.1) is 17.1 Å². The highest BCUT2D eigenvalue weighted by Gasteiger charge is 2.23. The molecule has 0 aliphatic carbocycles. The molecule has 1 heterocycles. The number of nitriles is 1. The van der Waals surface area contributed by atoms with Crippen LogP contribution in [0.25, 0.3) is 0 Å². The third-order valence-electron chi connectivity index (χ3n) is 3.45. The van der Waals surface area contributed by atoms with Crippen LogP contribution in [-0.4, -0.2) is 5.75 Å². The van der Waals surface area contributed by atoms with Crippen LogP contribution in [0.15, 0.2) is 45.8 Å². The fourth-order valence-electron chi connectivity index (χ4n) is 2.43. The molecule has 1 unspecified atom stereocenters. The van der Waals surface area contributed by atoms with Crippen molar-refractivity contribution in [3.63, 3.8) is 0 Å². The fourth-order valence-corrected chi connectivity index (χ4v) is 4.06. The predicted molar refractivity (Wildman–Crippen MR) is 87.0 cm³/mol. The Kier molecular flexibility index (Phi) is 4.18. The van der Waals surface area contributed by atoms with Crippen molar-refractivity contribution in [3.05, 3.63) is 57.8 Å². The molecule has 106 valence electrons. The standard InChI is InChI=1S/C16H12BrFN2S/c17-12-8-10(9-19)4-5-15(12)20-14-6-7-21-16-11(14)2-1-3-13(16)18/h1-5,8,14,20H,6-7H2. The summed E-state index contributed by atoms with van der Waals surface area (Å²) in [5.74, 6) is 0.738. The van der Waals surface area contributed by atoms with Crippen molar-refractivity contribution < 1.29 is 4.39 Å². The van der Waals surface area contributed by atoms with Crippen LogP contribution >= 0.6 is 27.7 Å². The van der Waals surface area contributed by atoms with Crippen LogP contribution in [0.2, 0.25) is 0 Å². The normalized spacial score (nSPS) is 16.9. The second kappa shape index (κ2) is 6.08. The summed E-state index contributed by atoms with van der Waals surface area (Å²) in [5.41, 5.74) is 2.53. The number of rotatable bonds is 2. The third kappa shape index (κ3) is 2.92. The molecule has 0 fully saturated rings. The first-order valence-electron chi connectivity index (χ1n) is 6.56. The largest absolute Gasteiger partial charge is 0.377 e. The van der Waals surface area contributed by atoms with E-state index >= 15 is 0 Å². The van der Waals surface area contributed by atoms with E-state index < -0.39 is 0 Å². The summed E-state index contributed by atoms with van der Waals surface area (Å²) in [6, 6.07) is 12.9. The number of thioether (sulfide) groups is 1. The van der Waals surface area contributed by atoms with Crippen molar-refractivity contribution >= 4 is 33.4 Å². The van der Waals surface area contributed by atoms with Gasteiger partial charge in [-0.2, -0.15) is 5.26 Å². The maximum atomic E-state index is 13.9. The van der Waals surface area contributed by atoms with E-state index in [1.54, 1.807) is 30.0 Å². The minimum Gasteiger partial charge on any atom is -0.377 e. The lowest BCUT2D eigenvalue weighted by atomic mass is 10.0. The summed E-state index contributed by atoms with van der Waals surface area (Å²) in [6.45, 7) is 0. The Morgan fingerprint density at radius 3 is 2.95 bits per heavy atom. The van der Waals surface area contributed by atoms with Gasteiger partial charge in [0.15, 0.2) is 0 Å². The monoisotopic (exact) mass is 362 g/mol. The van der Waals surface area contributed by atoms with Crippen LogP contribution in [0.4, 0.5) is 10.1 Å². The molecule has 1 aliphatic heterocycles. The van der Waals surface area contributed by atoms with Gasteiger partial charge in [-0.15, -0.1) is 11.8 Å². The van der Waals surface area contributed by atoms with E-state index in [-0.39, 0.29) is 11.9 Å². The molecule has 2 nitrogen and oxygen atoms in total. The van der Waals surface area contributed by atoms with Crippen molar-refractivity contribution in [2.45, 2.75) is 17.4 Å². The van der Waals surface area contributed by atoms with Gasteiger partial charge in [0.25, 0.3) is 0 Å². The topological polar surface area (TPSA) is 35.8 Å². The number of hydrogen-bond acceptors (Lipinski definition) is 3.